The first kappa shape index (κ1) is 26.3. The molecule has 0 saturated carbocycles. The van der Waals surface area contributed by atoms with E-state index in [2.05, 4.69) is 10.2 Å². The van der Waals surface area contributed by atoms with Crippen LogP contribution >= 0.6 is 0 Å². The number of urea groups is 1. The fourth-order valence-corrected chi connectivity index (χ4v) is 6.23. The number of piperidine rings is 2. The van der Waals surface area contributed by atoms with Crippen molar-refractivity contribution in [2.45, 2.75) is 50.8 Å². The third-order valence-corrected chi connectivity index (χ3v) is 8.83. The van der Waals surface area contributed by atoms with Gasteiger partial charge in [0.1, 0.15) is 0 Å². The van der Waals surface area contributed by atoms with Crippen LogP contribution in [0.5, 0.6) is 0 Å². The summed E-state index contributed by atoms with van der Waals surface area (Å²) in [4.78, 5) is 31.2. The fourth-order valence-electron chi connectivity index (χ4n) is 4.75. The van der Waals surface area contributed by atoms with E-state index in [9.17, 15) is 18.0 Å². The number of hydrogen-bond donors (Lipinski definition) is 1. The SMILES string of the molecule is CCN(CC)S(=O)(=O)c1ccc(N2CCCCC2)c(NC(=O)C2CCN(C(=O)N(C)C)CC2)c1. The zero-order valence-corrected chi connectivity index (χ0v) is 21.7. The third kappa shape index (κ3) is 5.83. The Balaban J connectivity index is 1.83. The van der Waals surface area contributed by atoms with Gasteiger partial charge in [-0.15, -0.1) is 0 Å². The molecule has 2 aliphatic heterocycles. The van der Waals surface area contributed by atoms with Gasteiger partial charge in [0.15, 0.2) is 0 Å². The summed E-state index contributed by atoms with van der Waals surface area (Å²) in [5, 5.41) is 3.05. The molecule has 3 amide bonds. The van der Waals surface area contributed by atoms with Crippen molar-refractivity contribution in [1.29, 1.82) is 0 Å². The van der Waals surface area contributed by atoms with E-state index >= 15 is 0 Å². The Labute approximate surface area is 204 Å². The first-order valence-corrected chi connectivity index (χ1v) is 13.8. The molecule has 1 aromatic carbocycles. The molecule has 0 radical (unpaired) electrons. The number of rotatable bonds is 7. The second-order valence-corrected chi connectivity index (χ2v) is 11.2. The lowest BCUT2D eigenvalue weighted by Crippen LogP contribution is -2.45. The summed E-state index contributed by atoms with van der Waals surface area (Å²) in [5.74, 6) is -0.337. The molecule has 1 N–H and O–H groups in total. The van der Waals surface area contributed by atoms with Crippen LogP contribution in [0.2, 0.25) is 0 Å². The summed E-state index contributed by atoms with van der Waals surface area (Å²) in [6.07, 6.45) is 4.50. The Morgan fingerprint density at radius 3 is 2.18 bits per heavy atom. The van der Waals surface area contributed by atoms with E-state index in [0.717, 1.165) is 31.6 Å². The Hall–Kier alpha value is -2.33. The maximum atomic E-state index is 13.2. The zero-order chi connectivity index (χ0) is 24.9. The van der Waals surface area contributed by atoms with Crippen molar-refractivity contribution in [2.24, 2.45) is 5.92 Å². The smallest absolute Gasteiger partial charge is 0.319 e. The minimum atomic E-state index is -3.64. The molecule has 0 bridgehead atoms. The van der Waals surface area contributed by atoms with Crippen molar-refractivity contribution < 1.29 is 18.0 Å². The number of benzene rings is 1. The van der Waals surface area contributed by atoms with Crippen LogP contribution in [-0.4, -0.2) is 87.8 Å². The number of hydrogen-bond acceptors (Lipinski definition) is 5. The molecule has 3 rings (SSSR count). The van der Waals surface area contributed by atoms with Crippen LogP contribution in [-0.2, 0) is 14.8 Å². The summed E-state index contributed by atoms with van der Waals surface area (Å²) in [6.45, 7) is 7.25. The van der Waals surface area contributed by atoms with Crippen molar-refractivity contribution in [2.75, 3.05) is 63.6 Å². The van der Waals surface area contributed by atoms with Crippen LogP contribution in [0.4, 0.5) is 16.2 Å². The monoisotopic (exact) mass is 493 g/mol. The van der Waals surface area contributed by atoms with Gasteiger partial charge < -0.3 is 20.0 Å². The van der Waals surface area contributed by atoms with Gasteiger partial charge in [0, 0.05) is 59.3 Å². The van der Waals surface area contributed by atoms with Crippen molar-refractivity contribution in [1.82, 2.24) is 14.1 Å². The summed E-state index contributed by atoms with van der Waals surface area (Å²) in [7, 11) is -0.193. The van der Waals surface area contributed by atoms with Gasteiger partial charge in [-0.3, -0.25) is 4.79 Å². The number of carbonyl (C=O) groups excluding carboxylic acids is 2. The van der Waals surface area contributed by atoms with Crippen molar-refractivity contribution in [3.63, 3.8) is 0 Å². The normalized spacial score (nSPS) is 17.7. The summed E-state index contributed by atoms with van der Waals surface area (Å²) in [5.41, 5.74) is 1.42. The number of likely N-dealkylation sites (tertiary alicyclic amines) is 1. The molecular weight excluding hydrogens is 454 g/mol. The molecule has 0 atom stereocenters. The van der Waals surface area contributed by atoms with Crippen LogP contribution in [0.3, 0.4) is 0 Å². The van der Waals surface area contributed by atoms with E-state index in [1.165, 1.54) is 10.7 Å². The molecule has 9 nitrogen and oxygen atoms in total. The molecule has 190 valence electrons. The summed E-state index contributed by atoms with van der Waals surface area (Å²) >= 11 is 0. The van der Waals surface area contributed by atoms with Gasteiger partial charge in [0.25, 0.3) is 0 Å². The minimum absolute atomic E-state index is 0.0412. The fraction of sp³-hybridized carbons (Fsp3) is 0.667. The van der Waals surface area contributed by atoms with Crippen molar-refractivity contribution in [3.8, 4) is 0 Å². The van der Waals surface area contributed by atoms with Gasteiger partial charge in [-0.2, -0.15) is 4.31 Å². The Morgan fingerprint density at radius 1 is 1.00 bits per heavy atom. The molecule has 2 aliphatic rings. The molecule has 0 aromatic heterocycles. The topological polar surface area (TPSA) is 93.3 Å². The molecule has 2 fully saturated rings. The quantitative estimate of drug-likeness (QED) is 0.630. The predicted octanol–water partition coefficient (Wildman–Crippen LogP) is 3.04. The maximum Gasteiger partial charge on any atom is 0.319 e. The number of nitrogens with one attached hydrogen (secondary N) is 1. The number of anilines is 2. The highest BCUT2D eigenvalue weighted by Gasteiger charge is 2.30. The van der Waals surface area contributed by atoms with Crippen molar-refractivity contribution in [3.05, 3.63) is 18.2 Å². The number of carbonyl (C=O) groups is 2. The van der Waals surface area contributed by atoms with E-state index in [1.54, 1.807) is 36.0 Å². The van der Waals surface area contributed by atoms with E-state index in [4.69, 9.17) is 0 Å². The van der Waals surface area contributed by atoms with Gasteiger partial charge in [0.05, 0.1) is 16.3 Å². The highest BCUT2D eigenvalue weighted by Crippen LogP contribution is 2.33. The average Bonchev–Trinajstić information content (AvgIpc) is 2.84. The van der Waals surface area contributed by atoms with Crippen LogP contribution in [0, 0.1) is 5.92 Å². The zero-order valence-electron chi connectivity index (χ0n) is 20.9. The first-order chi connectivity index (χ1) is 16.2. The van der Waals surface area contributed by atoms with Crippen LogP contribution in [0.25, 0.3) is 0 Å². The predicted molar refractivity (Wildman–Crippen MR) is 135 cm³/mol. The third-order valence-electron chi connectivity index (χ3n) is 6.78. The second-order valence-electron chi connectivity index (χ2n) is 9.24. The van der Waals surface area contributed by atoms with E-state index in [1.807, 2.05) is 19.9 Å². The van der Waals surface area contributed by atoms with Crippen LogP contribution < -0.4 is 10.2 Å². The van der Waals surface area contributed by atoms with E-state index in [-0.39, 0.29) is 22.8 Å². The maximum absolute atomic E-state index is 13.2. The molecule has 1 aromatic rings. The second kappa shape index (κ2) is 11.4. The Bertz CT molecular complexity index is 964. The standard InChI is InChI=1S/C24H39N5O4S/c1-5-29(6-2)34(32,33)20-10-11-22(27-14-8-7-9-15-27)21(18-20)25-23(30)19-12-16-28(17-13-19)24(31)26(3)4/h10-11,18-19H,5-9,12-17H2,1-4H3,(H,25,30). The lowest BCUT2D eigenvalue weighted by Gasteiger charge is -2.34. The highest BCUT2D eigenvalue weighted by molar-refractivity contribution is 7.89. The van der Waals surface area contributed by atoms with E-state index in [0.29, 0.717) is 44.7 Å². The van der Waals surface area contributed by atoms with Crippen LogP contribution in [0.15, 0.2) is 23.1 Å². The molecular formula is C24H39N5O4S. The summed E-state index contributed by atoms with van der Waals surface area (Å²) < 4.78 is 27.7. The molecule has 2 heterocycles. The minimum Gasteiger partial charge on any atom is -0.370 e. The van der Waals surface area contributed by atoms with Gasteiger partial charge in [-0.1, -0.05) is 13.8 Å². The van der Waals surface area contributed by atoms with Crippen LogP contribution in [0.1, 0.15) is 46.0 Å². The Kier molecular flexibility index (Phi) is 8.81. The molecule has 2 saturated heterocycles. The highest BCUT2D eigenvalue weighted by atomic mass is 32.2. The molecule has 0 spiro atoms. The average molecular weight is 494 g/mol. The lowest BCUT2D eigenvalue weighted by atomic mass is 9.96. The molecule has 0 unspecified atom stereocenters. The van der Waals surface area contributed by atoms with Gasteiger partial charge in [-0.05, 0) is 50.3 Å². The van der Waals surface area contributed by atoms with Crippen molar-refractivity contribution >= 4 is 33.3 Å². The molecule has 34 heavy (non-hydrogen) atoms. The first-order valence-electron chi connectivity index (χ1n) is 12.3. The van der Waals surface area contributed by atoms with Gasteiger partial charge >= 0.3 is 6.03 Å². The van der Waals surface area contributed by atoms with E-state index < -0.39 is 10.0 Å². The number of nitrogens with zero attached hydrogens (tertiary/aromatic N) is 4. The number of amides is 3. The largest absolute Gasteiger partial charge is 0.370 e. The number of sulfonamides is 1. The van der Waals surface area contributed by atoms with Gasteiger partial charge in [0.2, 0.25) is 15.9 Å². The van der Waals surface area contributed by atoms with Gasteiger partial charge in [-0.25, -0.2) is 13.2 Å². The summed E-state index contributed by atoms with van der Waals surface area (Å²) in [6, 6.07) is 5.05. The lowest BCUT2D eigenvalue weighted by molar-refractivity contribution is -0.121. The molecule has 10 heteroatoms. The molecule has 0 aliphatic carbocycles. The Morgan fingerprint density at radius 2 is 1.62 bits per heavy atom.